The van der Waals surface area contributed by atoms with Crippen molar-refractivity contribution >= 4 is 22.0 Å². The van der Waals surface area contributed by atoms with E-state index in [0.717, 1.165) is 11.4 Å². The zero-order valence-corrected chi connectivity index (χ0v) is 10.5. The Morgan fingerprint density at radius 3 is 2.53 bits per heavy atom. The predicted molar refractivity (Wildman–Crippen MR) is 57.8 cm³/mol. The van der Waals surface area contributed by atoms with Gasteiger partial charge in [0.1, 0.15) is 5.54 Å². The minimum Gasteiger partial charge on any atom is -0.480 e. The van der Waals surface area contributed by atoms with Crippen LogP contribution in [0.2, 0.25) is 0 Å². The number of methoxy groups -OCH3 is 1. The van der Waals surface area contributed by atoms with E-state index in [2.05, 4.69) is 4.74 Å². The predicted octanol–water partition coefficient (Wildman–Crippen LogP) is -0.572. The highest BCUT2D eigenvalue weighted by Crippen LogP contribution is 2.32. The van der Waals surface area contributed by atoms with Crippen LogP contribution in [0.25, 0.3) is 0 Å². The third-order valence-electron chi connectivity index (χ3n) is 2.90. The number of rotatable bonds is 4. The van der Waals surface area contributed by atoms with E-state index in [-0.39, 0.29) is 13.0 Å². The lowest BCUT2D eigenvalue weighted by atomic mass is 10.0. The van der Waals surface area contributed by atoms with Crippen molar-refractivity contribution in [1.82, 2.24) is 4.31 Å². The minimum atomic E-state index is -3.95. The highest BCUT2D eigenvalue weighted by molar-refractivity contribution is 7.89. The number of hydrogen-bond donors (Lipinski definition) is 1. The smallest absolute Gasteiger partial charge is 0.324 e. The third kappa shape index (κ3) is 2.58. The summed E-state index contributed by atoms with van der Waals surface area (Å²) in [5, 5.41) is 9.08. The zero-order chi connectivity index (χ0) is 13.3. The maximum Gasteiger partial charge on any atom is 0.324 e. The van der Waals surface area contributed by atoms with Gasteiger partial charge in [0, 0.05) is 6.54 Å². The van der Waals surface area contributed by atoms with Crippen molar-refractivity contribution in [3.05, 3.63) is 0 Å². The van der Waals surface area contributed by atoms with Gasteiger partial charge in [-0.15, -0.1) is 0 Å². The SMILES string of the molecule is COC(=O)CS(=O)(=O)N1CCCC1(C)C(=O)O. The first-order chi connectivity index (χ1) is 7.74. The molecule has 1 heterocycles. The number of aliphatic carboxylic acids is 1. The fourth-order valence-electron chi connectivity index (χ4n) is 1.88. The Labute approximate surface area is 99.4 Å². The molecule has 8 heteroatoms. The van der Waals surface area contributed by atoms with E-state index in [1.165, 1.54) is 6.92 Å². The first-order valence-electron chi connectivity index (χ1n) is 5.05. The molecule has 1 saturated heterocycles. The molecule has 1 aliphatic rings. The summed E-state index contributed by atoms with van der Waals surface area (Å²) in [6.45, 7) is 1.46. The van der Waals surface area contributed by atoms with Crippen LogP contribution < -0.4 is 0 Å². The molecule has 7 nitrogen and oxygen atoms in total. The van der Waals surface area contributed by atoms with Crippen molar-refractivity contribution in [1.29, 1.82) is 0 Å². The van der Waals surface area contributed by atoms with E-state index < -0.39 is 33.3 Å². The average Bonchev–Trinajstić information content (AvgIpc) is 2.61. The molecule has 0 aromatic heterocycles. The molecule has 0 bridgehead atoms. The number of ether oxygens (including phenoxy) is 1. The van der Waals surface area contributed by atoms with Gasteiger partial charge in [-0.2, -0.15) is 4.31 Å². The van der Waals surface area contributed by atoms with Gasteiger partial charge in [0.2, 0.25) is 10.0 Å². The summed E-state index contributed by atoms with van der Waals surface area (Å²) >= 11 is 0. The number of carbonyl (C=O) groups excluding carboxylic acids is 1. The van der Waals surface area contributed by atoms with Crippen LogP contribution in [0.15, 0.2) is 0 Å². The van der Waals surface area contributed by atoms with Crippen molar-refractivity contribution in [3.8, 4) is 0 Å². The number of carbonyl (C=O) groups is 2. The van der Waals surface area contributed by atoms with E-state index in [1.54, 1.807) is 0 Å². The van der Waals surface area contributed by atoms with E-state index >= 15 is 0 Å². The molecule has 0 spiro atoms. The molecule has 1 unspecified atom stereocenters. The van der Waals surface area contributed by atoms with Gasteiger partial charge in [0.25, 0.3) is 0 Å². The Balaban J connectivity index is 2.99. The number of carboxylic acids is 1. The zero-order valence-electron chi connectivity index (χ0n) is 9.67. The third-order valence-corrected chi connectivity index (χ3v) is 4.76. The standard InChI is InChI=1S/C9H15NO6S/c1-9(8(12)13)4-3-5-10(9)17(14,15)6-7(11)16-2/h3-6H2,1-2H3,(H,12,13). The molecule has 0 radical (unpaired) electrons. The first kappa shape index (κ1) is 13.9. The minimum absolute atomic E-state index is 0.113. The molecule has 0 aromatic carbocycles. The molecule has 1 fully saturated rings. The molecule has 1 N–H and O–H groups in total. The van der Waals surface area contributed by atoms with Crippen LogP contribution in [0.3, 0.4) is 0 Å². The summed E-state index contributed by atoms with van der Waals surface area (Å²) in [7, 11) is -2.86. The van der Waals surface area contributed by atoms with Gasteiger partial charge < -0.3 is 9.84 Å². The maximum absolute atomic E-state index is 11.9. The summed E-state index contributed by atoms with van der Waals surface area (Å²) < 4.78 is 28.9. The van der Waals surface area contributed by atoms with Gasteiger partial charge in [-0.05, 0) is 19.8 Å². The summed E-state index contributed by atoms with van der Waals surface area (Å²) in [4.78, 5) is 22.1. The van der Waals surface area contributed by atoms with Gasteiger partial charge in [-0.1, -0.05) is 0 Å². The lowest BCUT2D eigenvalue weighted by Gasteiger charge is -2.29. The fourth-order valence-corrected chi connectivity index (χ4v) is 3.65. The van der Waals surface area contributed by atoms with Crippen molar-refractivity contribution in [3.63, 3.8) is 0 Å². The number of sulfonamides is 1. The average molecular weight is 265 g/mol. The number of hydrogen-bond acceptors (Lipinski definition) is 5. The molecule has 1 rings (SSSR count). The van der Waals surface area contributed by atoms with Gasteiger partial charge in [-0.25, -0.2) is 8.42 Å². The Morgan fingerprint density at radius 2 is 2.06 bits per heavy atom. The summed E-state index contributed by atoms with van der Waals surface area (Å²) in [5.41, 5.74) is -1.47. The molecule has 0 saturated carbocycles. The van der Waals surface area contributed by atoms with E-state index in [1.807, 2.05) is 0 Å². The molecular weight excluding hydrogens is 250 g/mol. The van der Waals surface area contributed by atoms with Crippen LogP contribution in [-0.4, -0.2) is 54.7 Å². The second-order valence-electron chi connectivity index (χ2n) is 4.09. The van der Waals surface area contributed by atoms with Crippen LogP contribution in [-0.2, 0) is 24.3 Å². The molecule has 98 valence electrons. The normalized spacial score (nSPS) is 25.8. The summed E-state index contributed by atoms with van der Waals surface area (Å²) in [6.07, 6.45) is 0.700. The molecule has 0 aliphatic carbocycles. The summed E-state index contributed by atoms with van der Waals surface area (Å²) in [6, 6.07) is 0. The molecule has 1 atom stereocenters. The van der Waals surface area contributed by atoms with Crippen molar-refractivity contribution in [2.24, 2.45) is 0 Å². The number of esters is 1. The van der Waals surface area contributed by atoms with Crippen molar-refractivity contribution in [2.75, 3.05) is 19.4 Å². The van der Waals surface area contributed by atoms with E-state index in [9.17, 15) is 18.0 Å². The highest BCUT2D eigenvalue weighted by Gasteiger charge is 2.49. The first-order valence-corrected chi connectivity index (χ1v) is 6.65. The number of carboxylic acid groups (broad SMARTS) is 1. The van der Waals surface area contributed by atoms with Crippen LogP contribution in [0.4, 0.5) is 0 Å². The second kappa shape index (κ2) is 4.61. The van der Waals surface area contributed by atoms with E-state index in [4.69, 9.17) is 5.11 Å². The second-order valence-corrected chi connectivity index (χ2v) is 5.98. The molecule has 0 aromatic rings. The van der Waals surface area contributed by atoms with Gasteiger partial charge in [0.05, 0.1) is 7.11 Å². The van der Waals surface area contributed by atoms with Crippen molar-refractivity contribution in [2.45, 2.75) is 25.3 Å². The Kier molecular flexibility index (Phi) is 3.78. The van der Waals surface area contributed by atoms with Crippen LogP contribution in [0, 0.1) is 0 Å². The lowest BCUT2D eigenvalue weighted by molar-refractivity contribution is -0.146. The fraction of sp³-hybridized carbons (Fsp3) is 0.778. The van der Waals surface area contributed by atoms with Crippen molar-refractivity contribution < 1.29 is 27.9 Å². The molecule has 17 heavy (non-hydrogen) atoms. The largest absolute Gasteiger partial charge is 0.480 e. The quantitative estimate of drug-likeness (QED) is 0.683. The molecule has 1 aliphatic heterocycles. The van der Waals surface area contributed by atoms with Crippen LogP contribution >= 0.6 is 0 Å². The Hall–Kier alpha value is -1.15. The van der Waals surface area contributed by atoms with Gasteiger partial charge >= 0.3 is 11.9 Å². The topological polar surface area (TPSA) is 101 Å². The number of nitrogens with zero attached hydrogens (tertiary/aromatic N) is 1. The van der Waals surface area contributed by atoms with Crippen LogP contribution in [0.1, 0.15) is 19.8 Å². The molecule has 0 amide bonds. The summed E-state index contributed by atoms with van der Waals surface area (Å²) in [5.74, 6) is -2.93. The highest BCUT2D eigenvalue weighted by atomic mass is 32.2. The molecular formula is C9H15NO6S. The van der Waals surface area contributed by atoms with Crippen LogP contribution in [0.5, 0.6) is 0 Å². The monoisotopic (exact) mass is 265 g/mol. The maximum atomic E-state index is 11.9. The Bertz CT molecular complexity index is 431. The van der Waals surface area contributed by atoms with Gasteiger partial charge in [0.15, 0.2) is 5.75 Å². The lowest BCUT2D eigenvalue weighted by Crippen LogP contribution is -2.52. The van der Waals surface area contributed by atoms with Gasteiger partial charge in [-0.3, -0.25) is 9.59 Å². The van der Waals surface area contributed by atoms with E-state index in [0.29, 0.717) is 6.42 Å². The Morgan fingerprint density at radius 1 is 1.47 bits per heavy atom.